The van der Waals surface area contributed by atoms with Gasteiger partial charge in [-0.15, -0.1) is 0 Å². The van der Waals surface area contributed by atoms with E-state index in [4.69, 9.17) is 0 Å². The topological polar surface area (TPSA) is 82.1 Å². The van der Waals surface area contributed by atoms with Gasteiger partial charge < -0.3 is 5.32 Å². The van der Waals surface area contributed by atoms with Crippen molar-refractivity contribution in [3.63, 3.8) is 0 Å². The number of rotatable bonds is 5. The van der Waals surface area contributed by atoms with Crippen LogP contribution in [-0.2, 0) is 0 Å². The Kier molecular flexibility index (Phi) is 5.58. The lowest BCUT2D eigenvalue weighted by Crippen LogP contribution is -2.74. The molecule has 6 nitrogen and oxygen atoms in total. The molecule has 1 heterocycles. The third-order valence-electron chi connectivity index (χ3n) is 4.02. The first-order valence-corrected chi connectivity index (χ1v) is 8.34. The molecule has 0 aliphatic rings. The summed E-state index contributed by atoms with van der Waals surface area (Å²) in [5.74, 6) is 0.360. The van der Waals surface area contributed by atoms with Gasteiger partial charge in [0, 0.05) is 12.3 Å². The summed E-state index contributed by atoms with van der Waals surface area (Å²) >= 11 is 0. The van der Waals surface area contributed by atoms with Gasteiger partial charge in [0.25, 0.3) is 0 Å². The van der Waals surface area contributed by atoms with Crippen molar-refractivity contribution in [3.8, 4) is 0 Å². The number of hydrogen-bond donors (Lipinski definition) is 3. The first-order chi connectivity index (χ1) is 12.7. The smallest absolute Gasteiger partial charge is 0.328 e. The third kappa shape index (κ3) is 3.88. The molecule has 2 aromatic carbocycles. The lowest BCUT2D eigenvalue weighted by molar-refractivity contribution is -0.825. The van der Waals surface area contributed by atoms with Gasteiger partial charge in [0.2, 0.25) is 11.5 Å². The molecule has 0 saturated carbocycles. The van der Waals surface area contributed by atoms with Gasteiger partial charge in [0.1, 0.15) is 0 Å². The lowest BCUT2D eigenvalue weighted by Gasteiger charge is -2.25. The number of urea groups is 1. The van der Waals surface area contributed by atoms with Gasteiger partial charge in [-0.25, -0.2) is 19.9 Å². The molecule has 132 valence electrons. The Morgan fingerprint density at radius 2 is 1.69 bits per heavy atom. The fourth-order valence-electron chi connectivity index (χ4n) is 2.68. The molecule has 4 N–H and O–H groups in total. The van der Waals surface area contributed by atoms with Crippen LogP contribution in [-0.4, -0.2) is 16.2 Å². The summed E-state index contributed by atoms with van der Waals surface area (Å²) < 4.78 is 0. The number of nitrogens with two attached hydrogens (primary N) is 1. The van der Waals surface area contributed by atoms with E-state index < -0.39 is 0 Å². The van der Waals surface area contributed by atoms with Crippen molar-refractivity contribution in [1.82, 2.24) is 10.3 Å². The predicted octanol–water partition coefficient (Wildman–Crippen LogP) is 3.27. The second-order valence-electron chi connectivity index (χ2n) is 5.80. The van der Waals surface area contributed by atoms with E-state index in [0.29, 0.717) is 17.2 Å². The largest absolute Gasteiger partial charge is 0.331 e. The molecule has 3 aromatic rings. The summed E-state index contributed by atoms with van der Waals surface area (Å²) in [6, 6.07) is 21.9. The highest BCUT2D eigenvalue weighted by Crippen LogP contribution is 2.28. The molecule has 6 heteroatoms. The van der Waals surface area contributed by atoms with Crippen LogP contribution in [0.4, 0.5) is 22.0 Å². The fourth-order valence-corrected chi connectivity index (χ4v) is 2.68. The second-order valence-corrected chi connectivity index (χ2v) is 5.80. The molecule has 1 aromatic heterocycles. The number of quaternary nitrogens is 1. The zero-order valence-corrected chi connectivity index (χ0v) is 14.4. The van der Waals surface area contributed by atoms with Crippen LogP contribution in [0.1, 0.15) is 18.5 Å². The molecule has 0 aliphatic carbocycles. The van der Waals surface area contributed by atoms with Crippen molar-refractivity contribution in [1.29, 1.82) is 0 Å². The zero-order valence-electron chi connectivity index (χ0n) is 14.4. The van der Waals surface area contributed by atoms with Crippen molar-refractivity contribution in [3.05, 3.63) is 84.6 Å². The van der Waals surface area contributed by atoms with E-state index in [1.165, 1.54) is 4.90 Å². The average molecular weight is 349 g/mol. The van der Waals surface area contributed by atoms with E-state index in [1.807, 2.05) is 67.6 Å². The number of carbonyl (C=O) groups excluding carboxylic acids is 1. The molecular formula is C20H21N4O2+. The molecule has 0 aliphatic heterocycles. The van der Waals surface area contributed by atoms with Crippen LogP contribution in [0.3, 0.4) is 0 Å². The Labute approximate surface area is 152 Å². The van der Waals surface area contributed by atoms with E-state index >= 15 is 0 Å². The Morgan fingerprint density at radius 3 is 2.35 bits per heavy atom. The molecule has 1 atom stereocenters. The van der Waals surface area contributed by atoms with E-state index in [1.54, 1.807) is 18.3 Å². The Morgan fingerprint density at radius 1 is 1.04 bits per heavy atom. The highest BCUT2D eigenvalue weighted by atomic mass is 16.5. The molecule has 1 unspecified atom stereocenters. The van der Waals surface area contributed by atoms with E-state index in [-0.39, 0.29) is 12.1 Å². The van der Waals surface area contributed by atoms with Crippen molar-refractivity contribution >= 4 is 23.2 Å². The SMILES string of the molecule is CC(NC(=O)N(c1ccccc1)c1ncccc1[NH2+]O)c1ccccc1. The van der Waals surface area contributed by atoms with Gasteiger partial charge in [-0.3, -0.25) is 0 Å². The van der Waals surface area contributed by atoms with Crippen molar-refractivity contribution < 1.29 is 15.5 Å². The first-order valence-electron chi connectivity index (χ1n) is 8.34. The summed E-state index contributed by atoms with van der Waals surface area (Å²) in [7, 11) is 0. The molecule has 0 spiro atoms. The maximum absolute atomic E-state index is 13.1. The van der Waals surface area contributed by atoms with Crippen LogP contribution in [0.5, 0.6) is 0 Å². The van der Waals surface area contributed by atoms with Gasteiger partial charge >= 0.3 is 6.03 Å². The standard InChI is InChI=1S/C20H20N4O2/c1-15(16-9-4-2-5-10-16)22-20(25)24(17-11-6-3-7-12-17)19-18(23-26)13-8-14-21-19/h2-15,23,26H,1H3,(H,22,25)/p+1. The molecule has 3 rings (SSSR count). The number of para-hydroxylation sites is 1. The van der Waals surface area contributed by atoms with Gasteiger partial charge in [-0.05, 0) is 30.7 Å². The minimum absolute atomic E-state index is 0.180. The van der Waals surface area contributed by atoms with Gasteiger partial charge in [-0.2, -0.15) is 5.48 Å². The Balaban J connectivity index is 1.94. The van der Waals surface area contributed by atoms with Crippen molar-refractivity contribution in [2.24, 2.45) is 0 Å². The minimum atomic E-state index is -0.325. The van der Waals surface area contributed by atoms with Crippen LogP contribution in [0.15, 0.2) is 79.0 Å². The number of pyridine rings is 1. The third-order valence-corrected chi connectivity index (χ3v) is 4.02. The highest BCUT2D eigenvalue weighted by molar-refractivity contribution is 6.00. The highest BCUT2D eigenvalue weighted by Gasteiger charge is 2.25. The maximum Gasteiger partial charge on any atom is 0.328 e. The summed E-state index contributed by atoms with van der Waals surface area (Å²) in [5, 5.41) is 12.5. The van der Waals surface area contributed by atoms with Crippen LogP contribution < -0.4 is 15.7 Å². The van der Waals surface area contributed by atoms with Crippen molar-refractivity contribution in [2.75, 3.05) is 4.90 Å². The lowest BCUT2D eigenvalue weighted by atomic mass is 10.1. The number of amides is 2. The number of hydrogen-bond acceptors (Lipinski definition) is 3. The van der Waals surface area contributed by atoms with Crippen molar-refractivity contribution in [2.45, 2.75) is 13.0 Å². The molecule has 0 fully saturated rings. The maximum atomic E-state index is 13.1. The number of anilines is 2. The fraction of sp³-hybridized carbons (Fsp3) is 0.100. The van der Waals surface area contributed by atoms with Gasteiger partial charge in [-0.1, -0.05) is 48.5 Å². The summed E-state index contributed by atoms with van der Waals surface area (Å²) in [6.07, 6.45) is 1.59. The summed E-state index contributed by atoms with van der Waals surface area (Å²) in [5.41, 5.74) is 3.07. The van der Waals surface area contributed by atoms with Crippen LogP contribution >= 0.6 is 0 Å². The quantitative estimate of drug-likeness (QED) is 0.618. The minimum Gasteiger partial charge on any atom is -0.331 e. The Bertz CT molecular complexity index is 856. The molecule has 0 bridgehead atoms. The van der Waals surface area contributed by atoms with E-state index in [0.717, 1.165) is 11.0 Å². The molecule has 2 amide bonds. The number of nitrogens with one attached hydrogen (secondary N) is 1. The normalized spacial score (nSPS) is 11.6. The van der Waals surface area contributed by atoms with Gasteiger partial charge in [0.05, 0.1) is 11.7 Å². The van der Waals surface area contributed by atoms with E-state index in [9.17, 15) is 10.0 Å². The average Bonchev–Trinajstić information content (AvgIpc) is 2.70. The number of benzene rings is 2. The molecule has 0 saturated heterocycles. The summed E-state index contributed by atoms with van der Waals surface area (Å²) in [4.78, 5) is 18.8. The Hall–Kier alpha value is -3.22. The summed E-state index contributed by atoms with van der Waals surface area (Å²) in [6.45, 7) is 1.92. The number of nitrogens with zero attached hydrogens (tertiary/aromatic N) is 2. The van der Waals surface area contributed by atoms with Crippen LogP contribution in [0.2, 0.25) is 0 Å². The van der Waals surface area contributed by atoms with Gasteiger partial charge in [0.15, 0.2) is 0 Å². The van der Waals surface area contributed by atoms with Crippen LogP contribution in [0, 0.1) is 0 Å². The molecule has 0 radical (unpaired) electrons. The monoisotopic (exact) mass is 349 g/mol. The predicted molar refractivity (Wildman–Crippen MR) is 99.6 cm³/mol. The second kappa shape index (κ2) is 8.24. The molecular weight excluding hydrogens is 328 g/mol. The first kappa shape index (κ1) is 17.6. The van der Waals surface area contributed by atoms with Crippen LogP contribution in [0.25, 0.3) is 0 Å². The van der Waals surface area contributed by atoms with E-state index in [2.05, 4.69) is 10.3 Å². The zero-order chi connectivity index (χ0) is 18.4. The molecule has 26 heavy (non-hydrogen) atoms. The number of carbonyl (C=O) groups is 1. The number of aromatic nitrogens is 1.